The van der Waals surface area contributed by atoms with Crippen LogP contribution >= 0.6 is 11.3 Å². The fourth-order valence-electron chi connectivity index (χ4n) is 3.29. The van der Waals surface area contributed by atoms with Crippen LogP contribution in [0.2, 0.25) is 0 Å². The molecule has 4 rings (SSSR count). The average molecular weight is 387 g/mol. The van der Waals surface area contributed by atoms with E-state index in [4.69, 9.17) is 0 Å². The molecule has 4 heteroatoms. The standard InChI is InChI=1S/C24H22N2OS/c1-2-8-21-20-11-6-7-12-22(20)28-23(21)24(27)26-19-15-13-18(14-16-19)25-17-9-4-3-5-10-17/h3-7,9-16,25H,2,8H2,1H3,(H,26,27). The maximum absolute atomic E-state index is 12.9. The van der Waals surface area contributed by atoms with Crippen molar-refractivity contribution in [2.24, 2.45) is 0 Å². The molecule has 3 aromatic carbocycles. The molecule has 140 valence electrons. The molecule has 4 aromatic rings. The first-order valence-electron chi connectivity index (χ1n) is 9.48. The van der Waals surface area contributed by atoms with Crippen LogP contribution in [0, 0.1) is 0 Å². The number of hydrogen-bond acceptors (Lipinski definition) is 3. The zero-order chi connectivity index (χ0) is 19.3. The number of benzene rings is 3. The molecule has 0 saturated carbocycles. The van der Waals surface area contributed by atoms with Crippen molar-refractivity contribution in [2.75, 3.05) is 10.6 Å². The summed E-state index contributed by atoms with van der Waals surface area (Å²) in [6.45, 7) is 2.15. The van der Waals surface area contributed by atoms with Crippen LogP contribution < -0.4 is 10.6 Å². The number of aryl methyl sites for hydroxylation is 1. The Bertz CT molecular complexity index is 1080. The van der Waals surface area contributed by atoms with E-state index in [2.05, 4.69) is 29.7 Å². The lowest BCUT2D eigenvalue weighted by Crippen LogP contribution is -2.12. The molecule has 0 bridgehead atoms. The van der Waals surface area contributed by atoms with Crippen molar-refractivity contribution in [2.45, 2.75) is 19.8 Å². The monoisotopic (exact) mass is 386 g/mol. The van der Waals surface area contributed by atoms with Gasteiger partial charge in [-0.25, -0.2) is 0 Å². The molecule has 1 amide bonds. The average Bonchev–Trinajstić information content (AvgIpc) is 3.09. The highest BCUT2D eigenvalue weighted by atomic mass is 32.1. The normalized spacial score (nSPS) is 10.8. The van der Waals surface area contributed by atoms with E-state index in [1.54, 1.807) is 11.3 Å². The van der Waals surface area contributed by atoms with Crippen LogP contribution in [0.1, 0.15) is 28.6 Å². The maximum atomic E-state index is 12.9. The van der Waals surface area contributed by atoms with Gasteiger partial charge in [-0.3, -0.25) is 4.79 Å². The first-order valence-corrected chi connectivity index (χ1v) is 10.3. The molecular formula is C24H22N2OS. The smallest absolute Gasteiger partial charge is 0.266 e. The quantitative estimate of drug-likeness (QED) is 0.380. The van der Waals surface area contributed by atoms with Crippen LogP contribution in [0.5, 0.6) is 0 Å². The van der Waals surface area contributed by atoms with E-state index in [-0.39, 0.29) is 5.91 Å². The summed E-state index contributed by atoms with van der Waals surface area (Å²) in [5.41, 5.74) is 3.97. The van der Waals surface area contributed by atoms with E-state index >= 15 is 0 Å². The van der Waals surface area contributed by atoms with Crippen molar-refractivity contribution in [3.8, 4) is 0 Å². The molecule has 0 radical (unpaired) electrons. The lowest BCUT2D eigenvalue weighted by atomic mass is 10.1. The zero-order valence-corrected chi connectivity index (χ0v) is 16.6. The highest BCUT2D eigenvalue weighted by molar-refractivity contribution is 7.21. The fourth-order valence-corrected chi connectivity index (χ4v) is 4.44. The molecule has 0 unspecified atom stereocenters. The first-order chi connectivity index (χ1) is 13.7. The van der Waals surface area contributed by atoms with Gasteiger partial charge < -0.3 is 10.6 Å². The number of nitrogens with one attached hydrogen (secondary N) is 2. The van der Waals surface area contributed by atoms with E-state index in [0.717, 1.165) is 40.3 Å². The number of carbonyl (C=O) groups is 1. The van der Waals surface area contributed by atoms with E-state index in [9.17, 15) is 4.79 Å². The Balaban J connectivity index is 1.52. The number of rotatable bonds is 6. The van der Waals surface area contributed by atoms with Gasteiger partial charge in [0, 0.05) is 21.8 Å². The SMILES string of the molecule is CCCc1c(C(=O)Nc2ccc(Nc3ccccc3)cc2)sc2ccccc12. The summed E-state index contributed by atoms with van der Waals surface area (Å²) in [6, 6.07) is 26.1. The number of anilines is 3. The minimum absolute atomic E-state index is 0.0339. The second kappa shape index (κ2) is 8.28. The van der Waals surface area contributed by atoms with E-state index in [1.807, 2.05) is 66.7 Å². The minimum Gasteiger partial charge on any atom is -0.356 e. The number of amides is 1. The topological polar surface area (TPSA) is 41.1 Å². The molecule has 1 heterocycles. The molecule has 0 atom stereocenters. The molecule has 2 N–H and O–H groups in total. The van der Waals surface area contributed by atoms with Gasteiger partial charge in [-0.2, -0.15) is 0 Å². The lowest BCUT2D eigenvalue weighted by Gasteiger charge is -2.09. The summed E-state index contributed by atoms with van der Waals surface area (Å²) in [4.78, 5) is 13.8. The van der Waals surface area contributed by atoms with Gasteiger partial charge in [0.15, 0.2) is 0 Å². The molecule has 0 aliphatic rings. The summed E-state index contributed by atoms with van der Waals surface area (Å²) in [5.74, 6) is -0.0339. The molecule has 1 aromatic heterocycles. The van der Waals surface area contributed by atoms with Crippen molar-refractivity contribution in [3.63, 3.8) is 0 Å². The number of fused-ring (bicyclic) bond motifs is 1. The lowest BCUT2D eigenvalue weighted by molar-refractivity contribution is 0.103. The molecule has 3 nitrogen and oxygen atoms in total. The van der Waals surface area contributed by atoms with Gasteiger partial charge in [0.25, 0.3) is 5.91 Å². The van der Waals surface area contributed by atoms with E-state index < -0.39 is 0 Å². The third-order valence-electron chi connectivity index (χ3n) is 4.61. The second-order valence-electron chi connectivity index (χ2n) is 6.68. The fraction of sp³-hybridized carbons (Fsp3) is 0.125. The summed E-state index contributed by atoms with van der Waals surface area (Å²) in [5, 5.41) is 7.60. The van der Waals surface area contributed by atoms with Crippen LogP contribution in [0.25, 0.3) is 10.1 Å². The second-order valence-corrected chi connectivity index (χ2v) is 7.73. The van der Waals surface area contributed by atoms with Crippen LogP contribution in [-0.2, 0) is 6.42 Å². The van der Waals surface area contributed by atoms with Gasteiger partial charge in [0.2, 0.25) is 0 Å². The number of carbonyl (C=O) groups excluding carboxylic acids is 1. The zero-order valence-electron chi connectivity index (χ0n) is 15.7. The molecule has 0 aliphatic carbocycles. The number of thiophene rings is 1. The van der Waals surface area contributed by atoms with Crippen LogP contribution in [0.15, 0.2) is 78.9 Å². The molecule has 0 fully saturated rings. The predicted molar refractivity (Wildman–Crippen MR) is 120 cm³/mol. The Morgan fingerprint density at radius 3 is 2.21 bits per heavy atom. The third kappa shape index (κ3) is 3.92. The predicted octanol–water partition coefficient (Wildman–Crippen LogP) is 6.85. The summed E-state index contributed by atoms with van der Waals surface area (Å²) >= 11 is 1.57. The van der Waals surface area contributed by atoms with Crippen LogP contribution in [0.3, 0.4) is 0 Å². The number of para-hydroxylation sites is 1. The van der Waals surface area contributed by atoms with E-state index in [1.165, 1.54) is 10.1 Å². The van der Waals surface area contributed by atoms with Crippen LogP contribution in [0.4, 0.5) is 17.1 Å². The summed E-state index contributed by atoms with van der Waals surface area (Å²) in [7, 11) is 0. The Labute approximate surface area is 169 Å². The number of hydrogen-bond donors (Lipinski definition) is 2. The first kappa shape index (κ1) is 18.3. The van der Waals surface area contributed by atoms with Crippen molar-refractivity contribution in [1.82, 2.24) is 0 Å². The summed E-state index contributed by atoms with van der Waals surface area (Å²) < 4.78 is 1.17. The largest absolute Gasteiger partial charge is 0.356 e. The molecule has 0 saturated heterocycles. The molecular weight excluding hydrogens is 364 g/mol. The Hall–Kier alpha value is -3.11. The third-order valence-corrected chi connectivity index (χ3v) is 5.82. The van der Waals surface area contributed by atoms with Crippen molar-refractivity contribution >= 4 is 44.4 Å². The Kier molecular flexibility index (Phi) is 5.40. The molecule has 0 aliphatic heterocycles. The van der Waals surface area contributed by atoms with Gasteiger partial charge in [0.05, 0.1) is 4.88 Å². The van der Waals surface area contributed by atoms with Crippen molar-refractivity contribution < 1.29 is 4.79 Å². The molecule has 0 spiro atoms. The maximum Gasteiger partial charge on any atom is 0.266 e. The van der Waals surface area contributed by atoms with Crippen molar-refractivity contribution in [1.29, 1.82) is 0 Å². The van der Waals surface area contributed by atoms with Gasteiger partial charge in [0.1, 0.15) is 0 Å². The Morgan fingerprint density at radius 2 is 1.46 bits per heavy atom. The van der Waals surface area contributed by atoms with Crippen molar-refractivity contribution in [3.05, 3.63) is 89.3 Å². The van der Waals surface area contributed by atoms with Gasteiger partial charge in [-0.05, 0) is 59.8 Å². The summed E-state index contributed by atoms with van der Waals surface area (Å²) in [6.07, 6.45) is 1.92. The highest BCUT2D eigenvalue weighted by Gasteiger charge is 2.17. The van der Waals surface area contributed by atoms with Gasteiger partial charge in [-0.15, -0.1) is 11.3 Å². The Morgan fingerprint density at radius 1 is 0.821 bits per heavy atom. The minimum atomic E-state index is -0.0339. The van der Waals surface area contributed by atoms with Gasteiger partial charge in [-0.1, -0.05) is 49.7 Å². The van der Waals surface area contributed by atoms with E-state index in [0.29, 0.717) is 0 Å². The molecule has 28 heavy (non-hydrogen) atoms. The van der Waals surface area contributed by atoms with Crippen LogP contribution in [-0.4, -0.2) is 5.91 Å². The highest BCUT2D eigenvalue weighted by Crippen LogP contribution is 2.33. The van der Waals surface area contributed by atoms with Gasteiger partial charge >= 0.3 is 0 Å².